The van der Waals surface area contributed by atoms with Crippen LogP contribution in [0.25, 0.3) is 0 Å². The molecular weight excluding hydrogens is 392 g/mol. The van der Waals surface area contributed by atoms with Crippen LogP contribution < -0.4 is 8.69 Å². The summed E-state index contributed by atoms with van der Waals surface area (Å²) in [7, 11) is -11.2. The molecule has 0 radical (unpaired) electrons. The zero-order chi connectivity index (χ0) is 19.4. The lowest BCUT2D eigenvalue weighted by molar-refractivity contribution is -0.671. The van der Waals surface area contributed by atoms with Crippen molar-refractivity contribution in [3.8, 4) is 0 Å². The Balaban J connectivity index is 0.000000496. The Morgan fingerprint density at radius 1 is 1.00 bits per heavy atom. The molecule has 7 nitrogen and oxygen atoms in total. The van der Waals surface area contributed by atoms with Crippen LogP contribution in [0.1, 0.15) is 13.3 Å². The van der Waals surface area contributed by atoms with Crippen LogP contribution >= 0.6 is 0 Å². The zero-order valence-corrected chi connectivity index (χ0v) is 13.9. The number of nitrogens with zero attached hydrogens (tertiary/aromatic N) is 2. The summed E-state index contributed by atoms with van der Waals surface area (Å²) in [5.41, 5.74) is -12.3. The van der Waals surface area contributed by atoms with Gasteiger partial charge < -0.3 is 0 Å². The van der Waals surface area contributed by atoms with Crippen LogP contribution in [0.3, 0.4) is 0 Å². The van der Waals surface area contributed by atoms with Gasteiger partial charge in [0.1, 0.15) is 12.4 Å². The predicted molar refractivity (Wildman–Crippen MR) is 69.0 cm³/mol. The van der Waals surface area contributed by atoms with Gasteiger partial charge in [0, 0.05) is 0 Å². The van der Waals surface area contributed by atoms with Gasteiger partial charge in [0.25, 0.3) is 0 Å². The first-order valence-corrected chi connectivity index (χ1v) is 8.92. The summed E-state index contributed by atoms with van der Waals surface area (Å²) < 4.78 is 113. The second-order valence-corrected chi connectivity index (χ2v) is 7.90. The van der Waals surface area contributed by atoms with E-state index in [2.05, 4.69) is 34.8 Å². The fourth-order valence-corrected chi connectivity index (χ4v) is 3.04. The number of aromatic nitrogens is 2. The number of hydrogen-bond donors (Lipinski definition) is 1. The van der Waals surface area contributed by atoms with E-state index in [4.69, 9.17) is 0 Å². The first-order chi connectivity index (χ1) is 10.5. The maximum Gasteiger partial charge on any atom is 0.512 e. The van der Waals surface area contributed by atoms with Gasteiger partial charge in [0.05, 0.1) is 13.6 Å². The maximum absolute atomic E-state index is 11.5. The number of sulfonamides is 2. The van der Waals surface area contributed by atoms with Gasteiger partial charge in [0.2, 0.25) is 6.33 Å². The molecule has 1 heterocycles. The summed E-state index contributed by atoms with van der Waals surface area (Å²) in [6.07, 6.45) is 7.43. The van der Waals surface area contributed by atoms with Gasteiger partial charge in [0.15, 0.2) is 0 Å². The number of alkyl halides is 6. The van der Waals surface area contributed by atoms with Gasteiger partial charge in [-0.1, -0.05) is 11.1 Å². The van der Waals surface area contributed by atoms with E-state index >= 15 is 0 Å². The molecule has 0 aromatic carbocycles. The van der Waals surface area contributed by atoms with Crippen molar-refractivity contribution < 1.29 is 47.7 Å². The largest absolute Gasteiger partial charge is 0.512 e. The van der Waals surface area contributed by atoms with Gasteiger partial charge in [-0.25, -0.2) is 26.0 Å². The zero-order valence-electron chi connectivity index (χ0n) is 12.3. The molecule has 0 saturated heterocycles. The number of aryl methyl sites for hydroxylation is 2. The van der Waals surface area contributed by atoms with Crippen LogP contribution in [0.5, 0.6) is 0 Å². The molecule has 0 unspecified atom stereocenters. The molecule has 24 heavy (non-hydrogen) atoms. The molecule has 0 aliphatic heterocycles. The van der Waals surface area contributed by atoms with Crippen LogP contribution in [0, 0.1) is 0 Å². The Hall–Kier alpha value is -1.35. The SMILES string of the molecule is CCCn1cc[n+](C)c1.O=S(=O)(NS(=O)(=O)C(F)(F)F)C(F)(F)F. The van der Waals surface area contributed by atoms with E-state index in [1.807, 2.05) is 7.05 Å². The van der Waals surface area contributed by atoms with Crippen molar-refractivity contribution in [2.45, 2.75) is 30.9 Å². The lowest BCUT2D eigenvalue weighted by Gasteiger charge is -2.11. The number of hydrogen-bond acceptors (Lipinski definition) is 4. The molecule has 15 heteroatoms. The van der Waals surface area contributed by atoms with Gasteiger partial charge >= 0.3 is 31.1 Å². The second kappa shape index (κ2) is 7.69. The van der Waals surface area contributed by atoms with Crippen molar-refractivity contribution in [3.05, 3.63) is 18.7 Å². The third kappa shape index (κ3) is 6.64. The van der Waals surface area contributed by atoms with E-state index in [9.17, 15) is 43.2 Å². The Kier molecular flexibility index (Phi) is 7.26. The Morgan fingerprint density at radius 2 is 1.42 bits per heavy atom. The molecule has 0 atom stereocenters. The maximum atomic E-state index is 11.5. The van der Waals surface area contributed by atoms with Crippen molar-refractivity contribution in [2.24, 2.45) is 7.05 Å². The molecule has 0 bridgehead atoms. The first kappa shape index (κ1) is 22.6. The smallest absolute Gasteiger partial charge is 0.240 e. The molecule has 0 amide bonds. The van der Waals surface area contributed by atoms with Crippen LogP contribution in [-0.2, 0) is 33.6 Å². The minimum absolute atomic E-state index is 0.493. The van der Waals surface area contributed by atoms with Crippen LogP contribution in [-0.4, -0.2) is 32.4 Å². The minimum atomic E-state index is -6.60. The quantitative estimate of drug-likeness (QED) is 0.597. The van der Waals surface area contributed by atoms with E-state index in [-0.39, 0.29) is 0 Å². The molecule has 0 aliphatic rings. The average Bonchev–Trinajstić information content (AvgIpc) is 2.72. The summed E-state index contributed by atoms with van der Waals surface area (Å²) in [4.78, 5) is 0. The van der Waals surface area contributed by atoms with Crippen molar-refractivity contribution in [2.75, 3.05) is 0 Å². The molecule has 1 aromatic heterocycles. The second-order valence-electron chi connectivity index (χ2n) is 4.30. The fourth-order valence-electron chi connectivity index (χ4n) is 1.13. The van der Waals surface area contributed by atoms with Crippen molar-refractivity contribution in [1.82, 2.24) is 8.69 Å². The first-order valence-electron chi connectivity index (χ1n) is 5.95. The fraction of sp³-hybridized carbons (Fsp3) is 0.667. The highest BCUT2D eigenvalue weighted by Crippen LogP contribution is 2.27. The topological polar surface area (TPSA) is 89.1 Å². The molecule has 1 aromatic rings. The molecule has 1 N–H and O–H groups in total. The van der Waals surface area contributed by atoms with Crippen LogP contribution in [0.15, 0.2) is 18.7 Å². The lowest BCUT2D eigenvalue weighted by atomic mass is 10.5. The third-order valence-corrected chi connectivity index (χ3v) is 5.11. The Morgan fingerprint density at radius 3 is 1.67 bits per heavy atom. The number of nitrogens with one attached hydrogen (secondary N) is 1. The molecular formula is C9H14F6N3O4S2+. The Bertz CT molecular complexity index is 694. The summed E-state index contributed by atoms with van der Waals surface area (Å²) in [5, 5.41) is 0. The highest BCUT2D eigenvalue weighted by atomic mass is 32.3. The number of halogens is 6. The summed E-state index contributed by atoms with van der Waals surface area (Å²) in [6.45, 7) is 3.31. The third-order valence-electron chi connectivity index (χ3n) is 2.13. The van der Waals surface area contributed by atoms with E-state index in [1.165, 1.54) is 6.42 Å². The van der Waals surface area contributed by atoms with E-state index in [0.717, 1.165) is 6.54 Å². The highest BCUT2D eigenvalue weighted by molar-refractivity contribution is 8.05. The highest BCUT2D eigenvalue weighted by Gasteiger charge is 2.55. The van der Waals surface area contributed by atoms with Gasteiger partial charge in [-0.15, -0.1) is 0 Å². The molecule has 142 valence electrons. The molecule has 0 saturated carbocycles. The number of rotatable bonds is 4. The summed E-state index contributed by atoms with van der Waals surface area (Å²) >= 11 is 0. The van der Waals surface area contributed by atoms with E-state index in [0.29, 0.717) is 0 Å². The van der Waals surface area contributed by atoms with Crippen molar-refractivity contribution in [1.29, 1.82) is 0 Å². The predicted octanol–water partition coefficient (Wildman–Crippen LogP) is 0.998. The van der Waals surface area contributed by atoms with E-state index in [1.54, 1.807) is 0 Å². The lowest BCUT2D eigenvalue weighted by Crippen LogP contribution is -2.45. The molecule has 0 aliphatic carbocycles. The van der Waals surface area contributed by atoms with Gasteiger partial charge in [-0.2, -0.15) is 26.3 Å². The van der Waals surface area contributed by atoms with Crippen molar-refractivity contribution in [3.63, 3.8) is 0 Å². The number of imidazole rings is 1. The standard InChI is InChI=1S/C7H13N2.C2HF6NO4S2/c1-3-4-9-6-5-8(2)7-9;3-1(4,5)14(10,11)9-15(12,13)2(6,7)8/h5-7H,3-4H2,1-2H3;9H/q+1;. The van der Waals surface area contributed by atoms with Crippen LogP contribution in [0.4, 0.5) is 26.3 Å². The monoisotopic (exact) mass is 406 g/mol. The molecule has 1 rings (SSSR count). The minimum Gasteiger partial charge on any atom is -0.240 e. The molecule has 0 spiro atoms. The average molecular weight is 406 g/mol. The van der Waals surface area contributed by atoms with Crippen molar-refractivity contribution >= 4 is 20.0 Å². The summed E-state index contributed by atoms with van der Waals surface area (Å²) in [6, 6.07) is 0. The van der Waals surface area contributed by atoms with Crippen LogP contribution in [0.2, 0.25) is 0 Å². The van der Waals surface area contributed by atoms with Gasteiger partial charge in [-0.3, -0.25) is 0 Å². The van der Waals surface area contributed by atoms with E-state index < -0.39 is 35.2 Å². The molecule has 0 fully saturated rings. The summed E-state index contributed by atoms with van der Waals surface area (Å²) in [5.74, 6) is 0. The van der Waals surface area contributed by atoms with Gasteiger partial charge in [-0.05, 0) is 6.42 Å². The normalized spacial score (nSPS) is 13.3. The Labute approximate surface area is 134 Å².